The summed E-state index contributed by atoms with van der Waals surface area (Å²) in [4.78, 5) is 2.16. The fourth-order valence-electron chi connectivity index (χ4n) is 3.01. The SMILES string of the molecule is CN(Cc1ccccc1Br)c1n[nH]c(=S)n1C1CCCC1. The molecule has 1 aromatic carbocycles. The molecule has 3 rings (SSSR count). The van der Waals surface area contributed by atoms with Crippen LogP contribution in [0.15, 0.2) is 28.7 Å². The van der Waals surface area contributed by atoms with E-state index in [0.29, 0.717) is 6.04 Å². The maximum absolute atomic E-state index is 5.43. The molecule has 0 aliphatic heterocycles. The number of H-pyrrole nitrogens is 1. The highest BCUT2D eigenvalue weighted by Crippen LogP contribution is 2.32. The van der Waals surface area contributed by atoms with Crippen LogP contribution in [0.25, 0.3) is 0 Å². The molecule has 1 fully saturated rings. The van der Waals surface area contributed by atoms with Gasteiger partial charge in [0.1, 0.15) is 0 Å². The lowest BCUT2D eigenvalue weighted by atomic mass is 10.2. The van der Waals surface area contributed by atoms with E-state index in [2.05, 4.69) is 60.8 Å². The molecule has 21 heavy (non-hydrogen) atoms. The Hall–Kier alpha value is -1.14. The number of hydrogen-bond donors (Lipinski definition) is 1. The van der Waals surface area contributed by atoms with Gasteiger partial charge >= 0.3 is 0 Å². The summed E-state index contributed by atoms with van der Waals surface area (Å²) in [7, 11) is 2.07. The smallest absolute Gasteiger partial charge is 0.226 e. The molecule has 0 atom stereocenters. The molecule has 1 saturated carbocycles. The molecule has 0 saturated heterocycles. The van der Waals surface area contributed by atoms with Crippen molar-refractivity contribution in [3.63, 3.8) is 0 Å². The third-order valence-electron chi connectivity index (χ3n) is 4.08. The van der Waals surface area contributed by atoms with E-state index in [9.17, 15) is 0 Å². The van der Waals surface area contributed by atoms with E-state index < -0.39 is 0 Å². The molecule has 0 radical (unpaired) electrons. The van der Waals surface area contributed by atoms with Crippen molar-refractivity contribution >= 4 is 34.1 Å². The van der Waals surface area contributed by atoms with Crippen molar-refractivity contribution in [1.29, 1.82) is 0 Å². The lowest BCUT2D eigenvalue weighted by Gasteiger charge is -2.22. The Labute approximate surface area is 138 Å². The van der Waals surface area contributed by atoms with Crippen LogP contribution in [0.1, 0.15) is 37.3 Å². The van der Waals surface area contributed by atoms with Gasteiger partial charge in [-0.05, 0) is 36.7 Å². The van der Waals surface area contributed by atoms with Gasteiger partial charge in [0.2, 0.25) is 5.95 Å². The minimum atomic E-state index is 0.493. The van der Waals surface area contributed by atoms with Crippen molar-refractivity contribution in [1.82, 2.24) is 14.8 Å². The van der Waals surface area contributed by atoms with Gasteiger partial charge < -0.3 is 4.90 Å². The molecule has 1 aliphatic rings. The zero-order valence-electron chi connectivity index (χ0n) is 12.1. The summed E-state index contributed by atoms with van der Waals surface area (Å²) >= 11 is 9.03. The second kappa shape index (κ2) is 6.32. The Bertz CT molecular complexity index is 672. The molecule has 112 valence electrons. The van der Waals surface area contributed by atoms with E-state index in [1.165, 1.54) is 31.2 Å². The van der Waals surface area contributed by atoms with Crippen LogP contribution in [-0.4, -0.2) is 21.8 Å². The second-order valence-electron chi connectivity index (χ2n) is 5.58. The first-order chi connectivity index (χ1) is 10.2. The number of hydrogen-bond acceptors (Lipinski definition) is 3. The summed E-state index contributed by atoms with van der Waals surface area (Å²) in [6, 6.07) is 8.77. The monoisotopic (exact) mass is 366 g/mol. The number of nitrogens with one attached hydrogen (secondary N) is 1. The Kier molecular flexibility index (Phi) is 4.45. The van der Waals surface area contributed by atoms with Gasteiger partial charge in [0.05, 0.1) is 0 Å². The van der Waals surface area contributed by atoms with Crippen LogP contribution in [0.5, 0.6) is 0 Å². The number of halogens is 1. The fourth-order valence-corrected chi connectivity index (χ4v) is 3.70. The third-order valence-corrected chi connectivity index (χ3v) is 5.14. The zero-order valence-corrected chi connectivity index (χ0v) is 14.5. The van der Waals surface area contributed by atoms with Gasteiger partial charge in [0.25, 0.3) is 0 Å². The van der Waals surface area contributed by atoms with Crippen molar-refractivity contribution in [3.05, 3.63) is 39.1 Å². The van der Waals surface area contributed by atoms with Crippen LogP contribution in [0, 0.1) is 4.77 Å². The number of rotatable bonds is 4. The molecule has 2 aromatic rings. The summed E-state index contributed by atoms with van der Waals surface area (Å²) in [6.45, 7) is 0.799. The molecule has 0 amide bonds. The van der Waals surface area contributed by atoms with Crippen molar-refractivity contribution in [2.24, 2.45) is 0 Å². The van der Waals surface area contributed by atoms with Crippen molar-refractivity contribution in [3.8, 4) is 0 Å². The van der Waals surface area contributed by atoms with Gasteiger partial charge in [-0.3, -0.25) is 4.57 Å². The van der Waals surface area contributed by atoms with E-state index in [1.54, 1.807) is 0 Å². The summed E-state index contributed by atoms with van der Waals surface area (Å²) in [5.74, 6) is 0.933. The van der Waals surface area contributed by atoms with E-state index >= 15 is 0 Å². The van der Waals surface area contributed by atoms with E-state index in [-0.39, 0.29) is 0 Å². The number of aromatic nitrogens is 3. The molecule has 1 heterocycles. The average molecular weight is 367 g/mol. The van der Waals surface area contributed by atoms with Crippen LogP contribution >= 0.6 is 28.1 Å². The normalized spacial score (nSPS) is 15.5. The van der Waals surface area contributed by atoms with Gasteiger partial charge in [0, 0.05) is 24.1 Å². The molecule has 0 unspecified atom stereocenters. The van der Waals surface area contributed by atoms with Crippen LogP contribution in [0.3, 0.4) is 0 Å². The van der Waals surface area contributed by atoms with Crippen LogP contribution in [-0.2, 0) is 6.54 Å². The number of anilines is 1. The first kappa shape index (κ1) is 14.8. The molecule has 0 spiro atoms. The predicted molar refractivity (Wildman–Crippen MR) is 91.2 cm³/mol. The minimum absolute atomic E-state index is 0.493. The van der Waals surface area contributed by atoms with Crippen molar-refractivity contribution in [2.75, 3.05) is 11.9 Å². The minimum Gasteiger partial charge on any atom is -0.340 e. The van der Waals surface area contributed by atoms with Gasteiger partial charge in [-0.1, -0.05) is 47.0 Å². The average Bonchev–Trinajstić information content (AvgIpc) is 3.10. The molecule has 0 bridgehead atoms. The number of nitrogens with zero attached hydrogens (tertiary/aromatic N) is 3. The first-order valence-electron chi connectivity index (χ1n) is 7.28. The Morgan fingerprint density at radius 1 is 1.38 bits per heavy atom. The highest BCUT2D eigenvalue weighted by Gasteiger charge is 2.23. The van der Waals surface area contributed by atoms with E-state index in [1.807, 2.05) is 6.07 Å². The molecule has 1 N–H and O–H groups in total. The van der Waals surface area contributed by atoms with Crippen molar-refractivity contribution < 1.29 is 0 Å². The van der Waals surface area contributed by atoms with E-state index in [4.69, 9.17) is 12.2 Å². The number of aromatic amines is 1. The molecule has 1 aromatic heterocycles. The molecular weight excluding hydrogens is 348 g/mol. The lowest BCUT2D eigenvalue weighted by molar-refractivity contribution is 0.509. The molecular formula is C15H19BrN4S. The topological polar surface area (TPSA) is 36.9 Å². The highest BCUT2D eigenvalue weighted by atomic mass is 79.9. The van der Waals surface area contributed by atoms with Crippen molar-refractivity contribution in [2.45, 2.75) is 38.3 Å². The summed E-state index contributed by atoms with van der Waals surface area (Å²) < 4.78 is 4.05. The molecule has 4 nitrogen and oxygen atoms in total. The molecule has 6 heteroatoms. The third kappa shape index (κ3) is 3.06. The van der Waals surface area contributed by atoms with Gasteiger partial charge in [0.15, 0.2) is 4.77 Å². The summed E-state index contributed by atoms with van der Waals surface area (Å²) in [5, 5.41) is 7.40. The largest absolute Gasteiger partial charge is 0.340 e. The zero-order chi connectivity index (χ0) is 14.8. The standard InChI is InChI=1S/C15H19BrN4S/c1-19(10-11-6-2-5-9-13(11)16)14-17-18-15(21)20(14)12-7-3-4-8-12/h2,5-6,9,12H,3-4,7-8,10H2,1H3,(H,18,21). The Morgan fingerprint density at radius 3 is 2.81 bits per heavy atom. The van der Waals surface area contributed by atoms with Gasteiger partial charge in [-0.25, -0.2) is 5.10 Å². The van der Waals surface area contributed by atoms with Crippen LogP contribution < -0.4 is 4.90 Å². The Morgan fingerprint density at radius 2 is 2.10 bits per heavy atom. The molecule has 1 aliphatic carbocycles. The second-order valence-corrected chi connectivity index (χ2v) is 6.83. The first-order valence-corrected chi connectivity index (χ1v) is 8.48. The predicted octanol–water partition coefficient (Wildman–Crippen LogP) is 4.45. The Balaban J connectivity index is 1.86. The number of benzene rings is 1. The van der Waals surface area contributed by atoms with Crippen LogP contribution in [0.2, 0.25) is 0 Å². The quantitative estimate of drug-likeness (QED) is 0.811. The summed E-state index contributed by atoms with van der Waals surface area (Å²) in [5.41, 5.74) is 1.24. The van der Waals surface area contributed by atoms with E-state index in [0.717, 1.165) is 21.7 Å². The lowest BCUT2D eigenvalue weighted by Crippen LogP contribution is -2.22. The highest BCUT2D eigenvalue weighted by molar-refractivity contribution is 9.10. The van der Waals surface area contributed by atoms with Gasteiger partial charge in [-0.15, -0.1) is 5.10 Å². The summed E-state index contributed by atoms with van der Waals surface area (Å²) in [6.07, 6.45) is 4.96. The van der Waals surface area contributed by atoms with Gasteiger partial charge in [-0.2, -0.15) is 0 Å². The van der Waals surface area contributed by atoms with Crippen LogP contribution in [0.4, 0.5) is 5.95 Å². The maximum Gasteiger partial charge on any atom is 0.226 e. The fraction of sp³-hybridized carbons (Fsp3) is 0.467. The maximum atomic E-state index is 5.43.